The van der Waals surface area contributed by atoms with E-state index in [1.807, 2.05) is 47.0 Å². The van der Waals surface area contributed by atoms with E-state index in [-0.39, 0.29) is 16.3 Å². The summed E-state index contributed by atoms with van der Waals surface area (Å²) in [5, 5.41) is 13.7. The fraction of sp³-hybridized carbons (Fsp3) is 0.0435. The van der Waals surface area contributed by atoms with E-state index < -0.39 is 11.7 Å². The lowest BCUT2D eigenvalue weighted by atomic mass is 10.2. The van der Waals surface area contributed by atoms with Gasteiger partial charge in [-0.3, -0.25) is 9.36 Å². The van der Waals surface area contributed by atoms with Crippen molar-refractivity contribution < 1.29 is 9.18 Å². The number of nitrogens with one attached hydrogen (secondary N) is 1. The Balaban J connectivity index is 1.51. The van der Waals surface area contributed by atoms with Gasteiger partial charge in [0.1, 0.15) is 5.82 Å². The third kappa shape index (κ3) is 5.60. The fourth-order valence-electron chi connectivity index (χ4n) is 2.93. The Bertz CT molecular complexity index is 1280. The van der Waals surface area contributed by atoms with Crippen molar-refractivity contribution >= 4 is 47.1 Å². The minimum absolute atomic E-state index is 0.0167. The molecule has 0 aliphatic heterocycles. The number of rotatable bonds is 7. The molecule has 0 saturated heterocycles. The SMILES string of the molecule is O=C(CSc1nnc(-c2ccccc2)n1-c1ccc(Cl)cc1)N/N=C/c1c(F)cccc1Cl. The number of hydrogen-bond acceptors (Lipinski definition) is 5. The molecule has 0 fully saturated rings. The van der Waals surface area contributed by atoms with Crippen LogP contribution >= 0.6 is 35.0 Å². The highest BCUT2D eigenvalue weighted by molar-refractivity contribution is 7.99. The normalized spacial score (nSPS) is 11.1. The van der Waals surface area contributed by atoms with Crippen molar-refractivity contribution in [1.29, 1.82) is 0 Å². The van der Waals surface area contributed by atoms with Gasteiger partial charge in [0.15, 0.2) is 11.0 Å². The summed E-state index contributed by atoms with van der Waals surface area (Å²) in [4.78, 5) is 12.3. The van der Waals surface area contributed by atoms with Crippen molar-refractivity contribution in [3.63, 3.8) is 0 Å². The standard InChI is InChI=1S/C23H16Cl2FN5OS/c24-16-9-11-17(12-10-16)31-22(15-5-2-1-3-6-15)29-30-23(31)33-14-21(32)28-27-13-18-19(25)7-4-8-20(18)26/h1-13H,14H2,(H,28,32)/b27-13+. The van der Waals surface area contributed by atoms with Gasteiger partial charge in [-0.1, -0.05) is 71.4 Å². The highest BCUT2D eigenvalue weighted by Crippen LogP contribution is 2.28. The number of hydrazone groups is 1. The predicted molar refractivity (Wildman–Crippen MR) is 130 cm³/mol. The smallest absolute Gasteiger partial charge is 0.250 e. The molecule has 0 atom stereocenters. The van der Waals surface area contributed by atoms with Crippen LogP contribution in [0.15, 0.2) is 83.1 Å². The number of thioether (sulfide) groups is 1. The van der Waals surface area contributed by atoms with E-state index in [1.54, 1.807) is 12.1 Å². The summed E-state index contributed by atoms with van der Waals surface area (Å²) in [6.07, 6.45) is 1.17. The third-order valence-corrected chi connectivity index (χ3v) is 5.98. The third-order valence-electron chi connectivity index (χ3n) is 4.47. The van der Waals surface area contributed by atoms with Gasteiger partial charge in [0.25, 0.3) is 5.91 Å². The summed E-state index contributed by atoms with van der Waals surface area (Å²) in [5.74, 6) is -0.272. The minimum Gasteiger partial charge on any atom is -0.272 e. The Morgan fingerprint density at radius 3 is 2.52 bits per heavy atom. The zero-order valence-corrected chi connectivity index (χ0v) is 19.3. The molecule has 0 radical (unpaired) electrons. The fourth-order valence-corrected chi connectivity index (χ4v) is 4.01. The molecule has 4 rings (SSSR count). The monoisotopic (exact) mass is 499 g/mol. The van der Waals surface area contributed by atoms with Crippen molar-refractivity contribution in [2.24, 2.45) is 5.10 Å². The zero-order chi connectivity index (χ0) is 23.2. The van der Waals surface area contributed by atoms with Crippen LogP contribution in [-0.4, -0.2) is 32.6 Å². The molecule has 1 N–H and O–H groups in total. The first kappa shape index (κ1) is 23.0. The van der Waals surface area contributed by atoms with Gasteiger partial charge >= 0.3 is 0 Å². The molecule has 0 aliphatic rings. The number of nitrogens with zero attached hydrogens (tertiary/aromatic N) is 4. The number of halogens is 3. The van der Waals surface area contributed by atoms with Gasteiger partial charge in [0, 0.05) is 21.8 Å². The van der Waals surface area contributed by atoms with Gasteiger partial charge < -0.3 is 0 Å². The van der Waals surface area contributed by atoms with Crippen LogP contribution in [0.4, 0.5) is 4.39 Å². The van der Waals surface area contributed by atoms with Crippen LogP contribution in [0.3, 0.4) is 0 Å². The Morgan fingerprint density at radius 1 is 1.03 bits per heavy atom. The molecular weight excluding hydrogens is 484 g/mol. The van der Waals surface area contributed by atoms with Gasteiger partial charge in [0.2, 0.25) is 0 Å². The first-order chi connectivity index (χ1) is 16.0. The van der Waals surface area contributed by atoms with Crippen LogP contribution in [0.2, 0.25) is 10.0 Å². The summed E-state index contributed by atoms with van der Waals surface area (Å²) in [7, 11) is 0. The van der Waals surface area contributed by atoms with Crippen molar-refractivity contribution in [2.75, 3.05) is 5.75 Å². The highest BCUT2D eigenvalue weighted by Gasteiger charge is 2.17. The maximum absolute atomic E-state index is 13.8. The van der Waals surface area contributed by atoms with Crippen molar-refractivity contribution in [3.05, 3.63) is 94.2 Å². The van der Waals surface area contributed by atoms with Gasteiger partial charge in [-0.15, -0.1) is 10.2 Å². The molecule has 0 unspecified atom stereocenters. The van der Waals surface area contributed by atoms with Gasteiger partial charge in [-0.2, -0.15) is 5.10 Å². The molecule has 166 valence electrons. The second-order valence-electron chi connectivity index (χ2n) is 6.70. The number of carbonyl (C=O) groups is 1. The Labute approximate surface area is 203 Å². The van der Waals surface area contributed by atoms with Crippen LogP contribution in [0.25, 0.3) is 17.1 Å². The average molecular weight is 500 g/mol. The summed E-state index contributed by atoms with van der Waals surface area (Å²) in [5.41, 5.74) is 4.15. The Kier molecular flexibility index (Phi) is 7.39. The number of aromatic nitrogens is 3. The second-order valence-corrected chi connectivity index (χ2v) is 8.49. The van der Waals surface area contributed by atoms with Crippen molar-refractivity contribution in [2.45, 2.75) is 5.16 Å². The van der Waals surface area contributed by atoms with Crippen LogP contribution in [0, 0.1) is 5.82 Å². The van der Waals surface area contributed by atoms with Crippen LogP contribution in [-0.2, 0) is 4.79 Å². The minimum atomic E-state index is -0.528. The molecule has 0 spiro atoms. The van der Waals surface area contributed by atoms with E-state index in [0.29, 0.717) is 16.0 Å². The van der Waals surface area contributed by atoms with E-state index >= 15 is 0 Å². The maximum Gasteiger partial charge on any atom is 0.250 e. The quantitative estimate of drug-likeness (QED) is 0.203. The highest BCUT2D eigenvalue weighted by atomic mass is 35.5. The topological polar surface area (TPSA) is 72.2 Å². The largest absolute Gasteiger partial charge is 0.272 e. The number of benzene rings is 3. The molecule has 1 amide bonds. The zero-order valence-electron chi connectivity index (χ0n) is 17.0. The second kappa shape index (κ2) is 10.6. The lowest BCUT2D eigenvalue weighted by molar-refractivity contribution is -0.118. The van der Waals surface area contributed by atoms with Gasteiger partial charge in [-0.05, 0) is 36.4 Å². The average Bonchev–Trinajstić information content (AvgIpc) is 3.25. The summed E-state index contributed by atoms with van der Waals surface area (Å²) < 4.78 is 15.7. The van der Waals surface area contributed by atoms with E-state index in [0.717, 1.165) is 11.3 Å². The molecule has 33 heavy (non-hydrogen) atoms. The Morgan fingerprint density at radius 2 is 1.79 bits per heavy atom. The van der Waals surface area contributed by atoms with Crippen molar-refractivity contribution in [3.8, 4) is 17.1 Å². The Hall–Kier alpha value is -3.20. The molecule has 1 heterocycles. The summed E-state index contributed by atoms with van der Waals surface area (Å²) in [6.45, 7) is 0. The van der Waals surface area contributed by atoms with E-state index in [4.69, 9.17) is 23.2 Å². The molecule has 1 aromatic heterocycles. The van der Waals surface area contributed by atoms with Crippen LogP contribution < -0.4 is 5.43 Å². The first-order valence-corrected chi connectivity index (χ1v) is 11.4. The predicted octanol–water partition coefficient (Wildman–Crippen LogP) is 5.62. The summed E-state index contributed by atoms with van der Waals surface area (Å²) >= 11 is 13.2. The lowest BCUT2D eigenvalue weighted by Crippen LogP contribution is -2.20. The molecule has 3 aromatic carbocycles. The molecule has 0 saturated carbocycles. The molecule has 0 aliphatic carbocycles. The molecule has 6 nitrogen and oxygen atoms in total. The van der Waals surface area contributed by atoms with Crippen molar-refractivity contribution in [1.82, 2.24) is 20.2 Å². The summed E-state index contributed by atoms with van der Waals surface area (Å²) in [6, 6.07) is 21.1. The van der Waals surface area contributed by atoms with Crippen LogP contribution in [0.1, 0.15) is 5.56 Å². The number of carbonyl (C=O) groups excluding carboxylic acids is 1. The molecular formula is C23H16Cl2FN5OS. The van der Waals surface area contributed by atoms with E-state index in [2.05, 4.69) is 20.7 Å². The van der Waals surface area contributed by atoms with Gasteiger partial charge in [-0.25, -0.2) is 9.82 Å². The molecule has 10 heteroatoms. The van der Waals surface area contributed by atoms with Gasteiger partial charge in [0.05, 0.1) is 17.0 Å². The molecule has 0 bridgehead atoms. The van der Waals surface area contributed by atoms with E-state index in [1.165, 1.54) is 36.2 Å². The number of amides is 1. The van der Waals surface area contributed by atoms with E-state index in [9.17, 15) is 9.18 Å². The van der Waals surface area contributed by atoms with Crippen LogP contribution in [0.5, 0.6) is 0 Å². The maximum atomic E-state index is 13.8. The lowest BCUT2D eigenvalue weighted by Gasteiger charge is -2.10. The number of hydrogen-bond donors (Lipinski definition) is 1. The first-order valence-electron chi connectivity index (χ1n) is 9.68. The molecule has 4 aromatic rings.